The summed E-state index contributed by atoms with van der Waals surface area (Å²) in [6.45, 7) is 4.25. The van der Waals surface area contributed by atoms with E-state index in [4.69, 9.17) is 0 Å². The maximum atomic E-state index is 13.5. The summed E-state index contributed by atoms with van der Waals surface area (Å²) in [7, 11) is 0. The first-order chi connectivity index (χ1) is 9.99. The number of halogens is 1. The average molecular weight is 287 g/mol. The summed E-state index contributed by atoms with van der Waals surface area (Å²) < 4.78 is 13.5. The van der Waals surface area contributed by atoms with E-state index >= 15 is 0 Å². The lowest BCUT2D eigenvalue weighted by Crippen LogP contribution is -2.20. The summed E-state index contributed by atoms with van der Waals surface area (Å²) >= 11 is 0. The lowest BCUT2D eigenvalue weighted by Gasteiger charge is -2.29. The van der Waals surface area contributed by atoms with Gasteiger partial charge in [-0.3, -0.25) is 4.98 Å². The van der Waals surface area contributed by atoms with E-state index in [1.165, 1.54) is 18.2 Å². The van der Waals surface area contributed by atoms with Gasteiger partial charge in [0, 0.05) is 23.1 Å². The van der Waals surface area contributed by atoms with Gasteiger partial charge in [0.25, 0.3) is 0 Å². The molecule has 1 aromatic carbocycles. The molecule has 0 bridgehead atoms. The molecule has 1 N–H and O–H groups in total. The molecule has 3 rings (SSSR count). The van der Waals surface area contributed by atoms with Gasteiger partial charge in [-0.25, -0.2) is 9.18 Å². The minimum atomic E-state index is -0.949. The number of aromatic nitrogens is 1. The fourth-order valence-corrected chi connectivity index (χ4v) is 3.39. The third-order valence-corrected chi connectivity index (χ3v) is 4.39. The third kappa shape index (κ3) is 2.28. The molecule has 1 aliphatic rings. The number of hydrogen-bond donors (Lipinski definition) is 1. The molecular weight excluding hydrogens is 269 g/mol. The van der Waals surface area contributed by atoms with E-state index in [9.17, 15) is 14.3 Å². The lowest BCUT2D eigenvalue weighted by molar-refractivity contribution is 0.0697. The largest absolute Gasteiger partial charge is 0.478 e. The van der Waals surface area contributed by atoms with E-state index in [2.05, 4.69) is 18.8 Å². The Morgan fingerprint density at radius 1 is 1.43 bits per heavy atom. The Morgan fingerprint density at radius 2 is 2.19 bits per heavy atom. The number of pyridine rings is 1. The van der Waals surface area contributed by atoms with Crippen molar-refractivity contribution in [3.8, 4) is 0 Å². The molecule has 21 heavy (non-hydrogen) atoms. The average Bonchev–Trinajstić information content (AvgIpc) is 2.43. The van der Waals surface area contributed by atoms with Gasteiger partial charge in [-0.05, 0) is 42.9 Å². The Bertz CT molecular complexity index is 724. The highest BCUT2D eigenvalue weighted by Gasteiger charge is 2.29. The Balaban J connectivity index is 2.36. The van der Waals surface area contributed by atoms with Crippen LogP contribution in [0.15, 0.2) is 18.2 Å². The molecule has 110 valence electrons. The second kappa shape index (κ2) is 5.10. The first kappa shape index (κ1) is 14.0. The first-order valence-electron chi connectivity index (χ1n) is 7.34. The van der Waals surface area contributed by atoms with Crippen LogP contribution in [-0.2, 0) is 6.42 Å². The quantitative estimate of drug-likeness (QED) is 0.902. The Hall–Kier alpha value is -1.97. The van der Waals surface area contributed by atoms with Crippen molar-refractivity contribution in [3.05, 3.63) is 40.8 Å². The molecular formula is C17H18FNO2. The standard InChI is InChI=1S/C17H18FNO2/c1-9(2)11-4-3-5-13-15(17(20)21)12-7-6-10(18)8-14(12)19-16(11)13/h6-9,11H,3-5H2,1-2H3,(H,20,21). The topological polar surface area (TPSA) is 50.2 Å². The number of carboxylic acid groups (broad SMARTS) is 1. The van der Waals surface area contributed by atoms with Gasteiger partial charge in [-0.15, -0.1) is 0 Å². The maximum Gasteiger partial charge on any atom is 0.336 e. The number of hydrogen-bond acceptors (Lipinski definition) is 2. The molecule has 3 nitrogen and oxygen atoms in total. The van der Waals surface area contributed by atoms with Crippen molar-refractivity contribution in [1.29, 1.82) is 0 Å². The van der Waals surface area contributed by atoms with Crippen LogP contribution in [0.1, 0.15) is 54.2 Å². The van der Waals surface area contributed by atoms with Crippen molar-refractivity contribution in [2.45, 2.75) is 39.0 Å². The predicted molar refractivity (Wildman–Crippen MR) is 79.2 cm³/mol. The molecule has 2 aromatic rings. The van der Waals surface area contributed by atoms with Gasteiger partial charge in [-0.1, -0.05) is 13.8 Å². The molecule has 1 unspecified atom stereocenters. The molecule has 0 aliphatic heterocycles. The van der Waals surface area contributed by atoms with Crippen LogP contribution in [0.25, 0.3) is 10.9 Å². The van der Waals surface area contributed by atoms with Crippen LogP contribution >= 0.6 is 0 Å². The number of carboxylic acids is 1. The van der Waals surface area contributed by atoms with E-state index in [0.29, 0.717) is 22.4 Å². The van der Waals surface area contributed by atoms with Crippen LogP contribution in [0.4, 0.5) is 4.39 Å². The minimum Gasteiger partial charge on any atom is -0.478 e. The maximum absolute atomic E-state index is 13.5. The predicted octanol–water partition coefficient (Wildman–Crippen LogP) is 4.15. The van der Waals surface area contributed by atoms with Gasteiger partial charge in [0.15, 0.2) is 0 Å². The molecule has 1 aliphatic carbocycles. The number of aromatic carboxylic acids is 1. The molecule has 0 saturated heterocycles. The second-order valence-electron chi connectivity index (χ2n) is 6.06. The number of nitrogens with zero attached hydrogens (tertiary/aromatic N) is 1. The lowest BCUT2D eigenvalue weighted by atomic mass is 9.78. The zero-order valence-corrected chi connectivity index (χ0v) is 12.2. The van der Waals surface area contributed by atoms with Crippen molar-refractivity contribution in [3.63, 3.8) is 0 Å². The van der Waals surface area contributed by atoms with Crippen molar-refractivity contribution in [1.82, 2.24) is 4.98 Å². The van der Waals surface area contributed by atoms with Crippen LogP contribution in [0, 0.1) is 11.7 Å². The molecule has 0 fully saturated rings. The van der Waals surface area contributed by atoms with E-state index in [0.717, 1.165) is 30.5 Å². The van der Waals surface area contributed by atoms with E-state index in [1.54, 1.807) is 0 Å². The molecule has 0 saturated carbocycles. The van der Waals surface area contributed by atoms with Crippen molar-refractivity contribution in [2.75, 3.05) is 0 Å². The molecule has 4 heteroatoms. The minimum absolute atomic E-state index is 0.250. The summed E-state index contributed by atoms with van der Waals surface area (Å²) in [6, 6.07) is 4.15. The van der Waals surface area contributed by atoms with E-state index in [-0.39, 0.29) is 11.7 Å². The Labute approximate surface area is 122 Å². The van der Waals surface area contributed by atoms with Gasteiger partial charge >= 0.3 is 5.97 Å². The summed E-state index contributed by atoms with van der Waals surface area (Å²) in [5.41, 5.74) is 2.44. The molecule has 0 amide bonds. The highest BCUT2D eigenvalue weighted by Crippen LogP contribution is 2.39. The molecule has 1 heterocycles. The van der Waals surface area contributed by atoms with Crippen molar-refractivity contribution >= 4 is 16.9 Å². The summed E-state index contributed by atoms with van der Waals surface area (Å²) in [4.78, 5) is 16.3. The van der Waals surface area contributed by atoms with Crippen molar-refractivity contribution in [2.24, 2.45) is 5.92 Å². The fourth-order valence-electron chi connectivity index (χ4n) is 3.39. The smallest absolute Gasteiger partial charge is 0.336 e. The number of rotatable bonds is 2. The summed E-state index contributed by atoms with van der Waals surface area (Å²) in [5.74, 6) is -0.693. The first-order valence-corrected chi connectivity index (χ1v) is 7.34. The molecule has 1 atom stereocenters. The van der Waals surface area contributed by atoms with Gasteiger partial charge < -0.3 is 5.11 Å². The van der Waals surface area contributed by atoms with Gasteiger partial charge in [0.05, 0.1) is 11.1 Å². The van der Waals surface area contributed by atoms with Crippen LogP contribution in [-0.4, -0.2) is 16.1 Å². The van der Waals surface area contributed by atoms with Crippen LogP contribution < -0.4 is 0 Å². The van der Waals surface area contributed by atoms with Gasteiger partial charge in [0.1, 0.15) is 5.82 Å². The molecule has 1 aromatic heterocycles. The van der Waals surface area contributed by atoms with Crippen LogP contribution in [0.5, 0.6) is 0 Å². The highest BCUT2D eigenvalue weighted by atomic mass is 19.1. The van der Waals surface area contributed by atoms with E-state index in [1.807, 2.05) is 0 Å². The normalized spacial score (nSPS) is 18.0. The van der Waals surface area contributed by atoms with Gasteiger partial charge in [-0.2, -0.15) is 0 Å². The number of fused-ring (bicyclic) bond motifs is 2. The third-order valence-electron chi connectivity index (χ3n) is 4.39. The number of benzene rings is 1. The summed E-state index contributed by atoms with van der Waals surface area (Å²) in [5, 5.41) is 10.1. The van der Waals surface area contributed by atoms with Crippen LogP contribution in [0.2, 0.25) is 0 Å². The molecule has 0 spiro atoms. The fraction of sp³-hybridized carbons (Fsp3) is 0.412. The van der Waals surface area contributed by atoms with Gasteiger partial charge in [0.2, 0.25) is 0 Å². The Kier molecular flexibility index (Phi) is 3.40. The SMILES string of the molecule is CC(C)C1CCCc2c1nc1cc(F)ccc1c2C(=O)O. The highest BCUT2D eigenvalue weighted by molar-refractivity contribution is 6.04. The Morgan fingerprint density at radius 3 is 2.86 bits per heavy atom. The zero-order chi connectivity index (χ0) is 15.1. The molecule has 0 radical (unpaired) electrons. The van der Waals surface area contributed by atoms with E-state index < -0.39 is 5.97 Å². The second-order valence-corrected chi connectivity index (χ2v) is 6.06. The van der Waals surface area contributed by atoms with Crippen molar-refractivity contribution < 1.29 is 14.3 Å². The zero-order valence-electron chi connectivity index (χ0n) is 12.2. The number of carbonyl (C=O) groups is 1. The van der Waals surface area contributed by atoms with Crippen LogP contribution in [0.3, 0.4) is 0 Å². The summed E-state index contributed by atoms with van der Waals surface area (Å²) in [6.07, 6.45) is 2.72. The monoisotopic (exact) mass is 287 g/mol.